The first-order valence-corrected chi connectivity index (χ1v) is 14.4. The van der Waals surface area contributed by atoms with Crippen molar-refractivity contribution in [3.05, 3.63) is 95.6 Å². The number of hydrogen-bond donors (Lipinski definition) is 2. The highest BCUT2D eigenvalue weighted by molar-refractivity contribution is 5.93. The van der Waals surface area contributed by atoms with Crippen LogP contribution in [0.4, 0.5) is 4.79 Å². The number of nitrogens with one attached hydrogen (secondary N) is 1. The molecule has 41 heavy (non-hydrogen) atoms. The second-order valence-corrected chi connectivity index (χ2v) is 11.3. The fourth-order valence-electron chi connectivity index (χ4n) is 6.73. The Hall–Kier alpha value is -4.17. The molecule has 2 aliphatic heterocycles. The summed E-state index contributed by atoms with van der Waals surface area (Å²) in [5.74, 6) is -1.45. The number of carboxylic acid groups (broad SMARTS) is 1. The summed E-state index contributed by atoms with van der Waals surface area (Å²) in [4.78, 5) is 43.2. The van der Waals surface area contributed by atoms with Gasteiger partial charge in [-0.2, -0.15) is 0 Å². The molecule has 3 aromatic carbocycles. The molecular weight excluding hydrogens is 518 g/mol. The van der Waals surface area contributed by atoms with Gasteiger partial charge in [0.1, 0.15) is 18.2 Å². The molecule has 2 atom stereocenters. The number of carbonyl (C=O) groups excluding carboxylic acids is 2. The Bertz CT molecular complexity index is 1400. The number of fused-ring (bicyclic) bond motifs is 3. The third-order valence-electron chi connectivity index (χ3n) is 8.74. The van der Waals surface area contributed by atoms with E-state index in [1.807, 2.05) is 54.6 Å². The van der Waals surface area contributed by atoms with Gasteiger partial charge in [-0.1, -0.05) is 78.9 Å². The van der Waals surface area contributed by atoms with Gasteiger partial charge in [0.25, 0.3) is 5.91 Å². The molecule has 1 aliphatic carbocycles. The van der Waals surface area contributed by atoms with Gasteiger partial charge in [-0.25, -0.2) is 9.59 Å². The smallest absolute Gasteiger partial charge is 0.408 e. The third kappa shape index (κ3) is 5.32. The first-order chi connectivity index (χ1) is 19.9. The second kappa shape index (κ2) is 11.4. The molecule has 8 nitrogen and oxygen atoms in total. The van der Waals surface area contributed by atoms with Gasteiger partial charge in [0.05, 0.1) is 0 Å². The van der Waals surface area contributed by atoms with Crippen LogP contribution in [0.5, 0.6) is 0 Å². The lowest BCUT2D eigenvalue weighted by molar-refractivity contribution is -0.155. The van der Waals surface area contributed by atoms with Crippen LogP contribution in [0.15, 0.2) is 78.9 Å². The lowest BCUT2D eigenvalue weighted by Gasteiger charge is -2.39. The molecule has 2 N–H and O–H groups in total. The van der Waals surface area contributed by atoms with Crippen LogP contribution in [0.25, 0.3) is 11.1 Å². The van der Waals surface area contributed by atoms with Crippen LogP contribution in [0, 0.1) is 0 Å². The predicted molar refractivity (Wildman–Crippen MR) is 154 cm³/mol. The Balaban J connectivity index is 1.21. The maximum Gasteiger partial charge on any atom is 0.408 e. The summed E-state index contributed by atoms with van der Waals surface area (Å²) in [6, 6.07) is 25.4. The van der Waals surface area contributed by atoms with Gasteiger partial charge >= 0.3 is 12.1 Å². The number of amides is 2. The largest absolute Gasteiger partial charge is 0.480 e. The van der Waals surface area contributed by atoms with Crippen LogP contribution >= 0.6 is 0 Å². The van der Waals surface area contributed by atoms with Crippen molar-refractivity contribution < 1.29 is 24.2 Å². The van der Waals surface area contributed by atoms with Crippen LogP contribution in [-0.4, -0.2) is 70.7 Å². The van der Waals surface area contributed by atoms with Gasteiger partial charge < -0.3 is 20.1 Å². The Labute approximate surface area is 239 Å². The molecule has 2 fully saturated rings. The average molecular weight is 554 g/mol. The maximum absolute atomic E-state index is 14.1. The van der Waals surface area contributed by atoms with Crippen LogP contribution in [0.3, 0.4) is 0 Å². The minimum Gasteiger partial charge on any atom is -0.480 e. The van der Waals surface area contributed by atoms with E-state index in [0.29, 0.717) is 32.5 Å². The summed E-state index contributed by atoms with van der Waals surface area (Å²) in [5.41, 5.74) is 4.35. The Morgan fingerprint density at radius 2 is 1.54 bits per heavy atom. The van der Waals surface area contributed by atoms with Crippen LogP contribution in [-0.2, 0) is 20.9 Å². The SMILES string of the molecule is O=C(NC1(C(=O)N2CCCC[C@H]2C(=O)O)CCN(Cc2ccccc2)C1)OCC1c2ccccc2-c2ccccc21. The highest BCUT2D eigenvalue weighted by Crippen LogP contribution is 2.44. The van der Waals surface area contributed by atoms with Crippen LogP contribution in [0.2, 0.25) is 0 Å². The minimum absolute atomic E-state index is 0.101. The van der Waals surface area contributed by atoms with Gasteiger partial charge in [-0.3, -0.25) is 9.69 Å². The number of aliphatic carboxylic acids is 1. The number of rotatable bonds is 7. The molecule has 6 rings (SSSR count). The van der Waals surface area contributed by atoms with E-state index >= 15 is 0 Å². The molecule has 2 amide bonds. The van der Waals surface area contributed by atoms with E-state index < -0.39 is 23.6 Å². The summed E-state index contributed by atoms with van der Waals surface area (Å²) in [6.45, 7) is 2.01. The Morgan fingerprint density at radius 3 is 2.22 bits per heavy atom. The van der Waals surface area contributed by atoms with Gasteiger partial charge in [-0.05, 0) is 53.5 Å². The van der Waals surface area contributed by atoms with Crippen molar-refractivity contribution in [1.82, 2.24) is 15.1 Å². The van der Waals surface area contributed by atoms with E-state index in [2.05, 4.69) is 34.5 Å². The molecule has 0 radical (unpaired) electrons. The maximum atomic E-state index is 14.1. The molecule has 212 valence electrons. The summed E-state index contributed by atoms with van der Waals surface area (Å²) >= 11 is 0. The second-order valence-electron chi connectivity index (χ2n) is 11.3. The van der Waals surface area contributed by atoms with Crippen LogP contribution in [0.1, 0.15) is 48.3 Å². The third-order valence-corrected chi connectivity index (χ3v) is 8.74. The fourth-order valence-corrected chi connectivity index (χ4v) is 6.73. The molecule has 0 spiro atoms. The number of piperidine rings is 1. The average Bonchev–Trinajstić information content (AvgIpc) is 3.55. The van der Waals surface area contributed by atoms with Gasteiger partial charge in [0.15, 0.2) is 0 Å². The van der Waals surface area contributed by atoms with E-state index in [9.17, 15) is 19.5 Å². The summed E-state index contributed by atoms with van der Waals surface area (Å²) < 4.78 is 5.84. The molecule has 0 bridgehead atoms. The quantitative estimate of drug-likeness (QED) is 0.443. The fraction of sp³-hybridized carbons (Fsp3) is 0.364. The Kier molecular flexibility index (Phi) is 7.49. The highest BCUT2D eigenvalue weighted by atomic mass is 16.5. The lowest BCUT2D eigenvalue weighted by atomic mass is 9.92. The van der Waals surface area contributed by atoms with E-state index in [0.717, 1.165) is 40.7 Å². The lowest BCUT2D eigenvalue weighted by Crippen LogP contribution is -2.64. The van der Waals surface area contributed by atoms with E-state index in [4.69, 9.17) is 4.74 Å². The summed E-state index contributed by atoms with van der Waals surface area (Å²) in [6.07, 6.45) is 1.63. The number of likely N-dealkylation sites (tertiary alicyclic amines) is 2. The molecule has 0 saturated carbocycles. The van der Waals surface area contributed by atoms with Crippen molar-refractivity contribution in [3.8, 4) is 11.1 Å². The van der Waals surface area contributed by atoms with E-state index in [1.54, 1.807) is 0 Å². The first-order valence-electron chi connectivity index (χ1n) is 14.4. The molecule has 3 aromatic rings. The van der Waals surface area contributed by atoms with Crippen LogP contribution < -0.4 is 5.32 Å². The topological polar surface area (TPSA) is 99.2 Å². The van der Waals surface area contributed by atoms with Gasteiger partial charge in [0, 0.05) is 32.1 Å². The predicted octanol–water partition coefficient (Wildman–Crippen LogP) is 4.64. The molecule has 0 aromatic heterocycles. The molecule has 8 heteroatoms. The molecule has 3 aliphatic rings. The molecular formula is C33H35N3O5. The number of nitrogens with zero attached hydrogens (tertiary/aromatic N) is 2. The highest BCUT2D eigenvalue weighted by Gasteiger charge is 2.50. The minimum atomic E-state index is -1.26. The Morgan fingerprint density at radius 1 is 0.878 bits per heavy atom. The van der Waals surface area contributed by atoms with Crippen molar-refractivity contribution in [2.45, 2.75) is 49.7 Å². The molecule has 2 saturated heterocycles. The van der Waals surface area contributed by atoms with Crippen molar-refractivity contribution >= 4 is 18.0 Å². The first kappa shape index (κ1) is 27.0. The van der Waals surface area contributed by atoms with Gasteiger partial charge in [-0.15, -0.1) is 0 Å². The van der Waals surface area contributed by atoms with Crippen molar-refractivity contribution in [2.24, 2.45) is 0 Å². The van der Waals surface area contributed by atoms with Crippen molar-refractivity contribution in [2.75, 3.05) is 26.2 Å². The monoisotopic (exact) mass is 553 g/mol. The van der Waals surface area contributed by atoms with Gasteiger partial charge in [0.2, 0.25) is 0 Å². The van der Waals surface area contributed by atoms with Crippen molar-refractivity contribution in [3.63, 3.8) is 0 Å². The number of benzene rings is 3. The normalized spacial score (nSPS) is 22.1. The number of ether oxygens (including phenoxy) is 1. The molecule has 1 unspecified atom stereocenters. The standard InChI is InChI=1S/C33H35N3O5/c37-30(38)29-16-8-9-18-36(29)31(39)33(17-19-35(22-33)20-23-10-2-1-3-11-23)34-32(40)41-21-28-26-14-6-4-12-24(26)25-13-5-7-15-27(25)28/h1-7,10-15,28-29H,8-9,16-22H2,(H,34,40)(H,37,38)/t29-,33?/m0/s1. The summed E-state index contributed by atoms with van der Waals surface area (Å²) in [5, 5.41) is 12.8. The number of hydrogen-bond acceptors (Lipinski definition) is 5. The zero-order chi connectivity index (χ0) is 28.4. The zero-order valence-electron chi connectivity index (χ0n) is 23.0. The van der Waals surface area contributed by atoms with Crippen molar-refractivity contribution in [1.29, 1.82) is 0 Å². The van der Waals surface area contributed by atoms with E-state index in [1.165, 1.54) is 4.90 Å². The number of alkyl carbamates (subject to hydrolysis) is 1. The zero-order valence-corrected chi connectivity index (χ0v) is 23.0. The molecule has 2 heterocycles. The van der Waals surface area contributed by atoms with E-state index in [-0.39, 0.29) is 25.0 Å². The number of carboxylic acids is 1. The number of carbonyl (C=O) groups is 3. The summed E-state index contributed by atoms with van der Waals surface area (Å²) in [7, 11) is 0.